The molecule has 3 rings (SSSR count). The maximum absolute atomic E-state index is 12.1. The lowest BCUT2D eigenvalue weighted by Crippen LogP contribution is -2.36. The van der Waals surface area contributed by atoms with Gasteiger partial charge >= 0.3 is 0 Å². The number of hydrogen-bond acceptors (Lipinski definition) is 3. The zero-order chi connectivity index (χ0) is 19.2. The van der Waals surface area contributed by atoms with E-state index in [9.17, 15) is 9.59 Å². The summed E-state index contributed by atoms with van der Waals surface area (Å²) in [4.78, 5) is 24.1. The highest BCUT2D eigenvalue weighted by atomic mass is 16.5. The Hall–Kier alpha value is -3.34. The average molecular weight is 362 g/mol. The summed E-state index contributed by atoms with van der Waals surface area (Å²) in [6.07, 6.45) is 0. The Labute approximate surface area is 158 Å². The average Bonchev–Trinajstić information content (AvgIpc) is 2.69. The van der Waals surface area contributed by atoms with Gasteiger partial charge in [0.15, 0.2) is 0 Å². The molecule has 0 saturated heterocycles. The summed E-state index contributed by atoms with van der Waals surface area (Å²) in [5.74, 6) is 0.326. The summed E-state index contributed by atoms with van der Waals surface area (Å²) >= 11 is 0. The van der Waals surface area contributed by atoms with Crippen LogP contribution in [0.1, 0.15) is 21.5 Å². The van der Waals surface area contributed by atoms with Gasteiger partial charge in [0.05, 0.1) is 13.7 Å². The summed E-state index contributed by atoms with van der Waals surface area (Å²) in [6.45, 7) is 2.27. The van der Waals surface area contributed by atoms with Gasteiger partial charge in [-0.3, -0.25) is 9.59 Å². The molecule has 0 aromatic heterocycles. The van der Waals surface area contributed by atoms with Crippen LogP contribution in [0.3, 0.4) is 0 Å². The molecular formula is C22H22N2O3. The van der Waals surface area contributed by atoms with Gasteiger partial charge in [0.1, 0.15) is 5.75 Å². The summed E-state index contributed by atoms with van der Waals surface area (Å²) < 4.78 is 5.22. The summed E-state index contributed by atoms with van der Waals surface area (Å²) in [6, 6.07) is 19.1. The summed E-state index contributed by atoms with van der Waals surface area (Å²) in [5, 5.41) is 7.62. The van der Waals surface area contributed by atoms with Gasteiger partial charge in [-0.15, -0.1) is 0 Å². The molecule has 0 aliphatic carbocycles. The SMILES string of the molecule is COc1ccc2cc(CNC(=O)CNC(=O)c3cccc(C)c3)ccc2c1. The van der Waals surface area contributed by atoms with Crippen molar-refractivity contribution in [1.29, 1.82) is 0 Å². The fraction of sp³-hybridized carbons (Fsp3) is 0.182. The topological polar surface area (TPSA) is 67.4 Å². The van der Waals surface area contributed by atoms with Gasteiger partial charge in [-0.25, -0.2) is 0 Å². The van der Waals surface area contributed by atoms with E-state index in [0.29, 0.717) is 12.1 Å². The van der Waals surface area contributed by atoms with Crippen molar-refractivity contribution in [1.82, 2.24) is 10.6 Å². The highest BCUT2D eigenvalue weighted by Gasteiger charge is 2.08. The molecule has 0 aliphatic rings. The van der Waals surface area contributed by atoms with Crippen LogP contribution in [0.15, 0.2) is 60.7 Å². The van der Waals surface area contributed by atoms with Gasteiger partial charge in [0.2, 0.25) is 5.91 Å². The van der Waals surface area contributed by atoms with Gasteiger partial charge in [-0.1, -0.05) is 35.9 Å². The first-order valence-corrected chi connectivity index (χ1v) is 8.73. The Balaban J connectivity index is 1.53. The number of aryl methyl sites for hydroxylation is 1. The summed E-state index contributed by atoms with van der Waals surface area (Å²) in [7, 11) is 1.64. The Morgan fingerprint density at radius 2 is 1.70 bits per heavy atom. The molecule has 0 saturated carbocycles. The number of fused-ring (bicyclic) bond motifs is 1. The minimum absolute atomic E-state index is 0.0580. The fourth-order valence-corrected chi connectivity index (χ4v) is 2.82. The number of benzene rings is 3. The minimum Gasteiger partial charge on any atom is -0.497 e. The lowest BCUT2D eigenvalue weighted by atomic mass is 10.1. The van der Waals surface area contributed by atoms with Crippen LogP contribution in [0, 0.1) is 6.92 Å². The second-order valence-electron chi connectivity index (χ2n) is 6.38. The maximum atomic E-state index is 12.1. The third kappa shape index (κ3) is 4.85. The zero-order valence-corrected chi connectivity index (χ0v) is 15.4. The number of amides is 2. The van der Waals surface area contributed by atoms with Crippen molar-refractivity contribution in [2.24, 2.45) is 0 Å². The smallest absolute Gasteiger partial charge is 0.251 e. The van der Waals surface area contributed by atoms with E-state index in [2.05, 4.69) is 10.6 Å². The molecule has 3 aromatic rings. The van der Waals surface area contributed by atoms with Crippen LogP contribution < -0.4 is 15.4 Å². The number of methoxy groups -OCH3 is 1. The molecule has 27 heavy (non-hydrogen) atoms. The predicted octanol–water partition coefficient (Wildman–Crippen LogP) is 3.20. The van der Waals surface area contributed by atoms with Crippen LogP contribution in [0.5, 0.6) is 5.75 Å². The Morgan fingerprint density at radius 1 is 0.926 bits per heavy atom. The molecular weight excluding hydrogens is 340 g/mol. The Morgan fingerprint density at radius 3 is 2.48 bits per heavy atom. The molecule has 0 fully saturated rings. The van der Waals surface area contributed by atoms with E-state index in [0.717, 1.165) is 27.6 Å². The van der Waals surface area contributed by atoms with Crippen molar-refractivity contribution in [3.63, 3.8) is 0 Å². The van der Waals surface area contributed by atoms with Crippen LogP contribution >= 0.6 is 0 Å². The van der Waals surface area contributed by atoms with E-state index in [1.807, 2.05) is 55.5 Å². The van der Waals surface area contributed by atoms with E-state index in [-0.39, 0.29) is 18.4 Å². The second kappa shape index (κ2) is 8.36. The van der Waals surface area contributed by atoms with Crippen LogP contribution in [0.25, 0.3) is 10.8 Å². The molecule has 5 heteroatoms. The lowest BCUT2D eigenvalue weighted by Gasteiger charge is -2.09. The third-order valence-electron chi connectivity index (χ3n) is 4.29. The molecule has 0 radical (unpaired) electrons. The van der Waals surface area contributed by atoms with E-state index < -0.39 is 0 Å². The number of ether oxygens (including phenoxy) is 1. The van der Waals surface area contributed by atoms with Gasteiger partial charge < -0.3 is 15.4 Å². The van der Waals surface area contributed by atoms with E-state index in [1.165, 1.54) is 0 Å². The molecule has 138 valence electrons. The molecule has 2 amide bonds. The van der Waals surface area contributed by atoms with Crippen LogP contribution in [0.4, 0.5) is 0 Å². The normalized spacial score (nSPS) is 10.4. The molecule has 0 heterocycles. The fourth-order valence-electron chi connectivity index (χ4n) is 2.82. The Bertz CT molecular complexity index is 982. The molecule has 5 nitrogen and oxygen atoms in total. The monoisotopic (exact) mass is 362 g/mol. The van der Waals surface area contributed by atoms with E-state index >= 15 is 0 Å². The van der Waals surface area contributed by atoms with Crippen LogP contribution in [0.2, 0.25) is 0 Å². The van der Waals surface area contributed by atoms with Crippen molar-refractivity contribution >= 4 is 22.6 Å². The zero-order valence-electron chi connectivity index (χ0n) is 15.4. The molecule has 0 atom stereocenters. The number of hydrogen-bond donors (Lipinski definition) is 2. The quantitative estimate of drug-likeness (QED) is 0.708. The van der Waals surface area contributed by atoms with Crippen molar-refractivity contribution in [2.45, 2.75) is 13.5 Å². The van der Waals surface area contributed by atoms with Gasteiger partial charge in [-0.2, -0.15) is 0 Å². The summed E-state index contributed by atoms with van der Waals surface area (Å²) in [5.41, 5.74) is 2.54. The van der Waals surface area contributed by atoms with Crippen molar-refractivity contribution in [3.8, 4) is 5.75 Å². The highest BCUT2D eigenvalue weighted by Crippen LogP contribution is 2.21. The predicted molar refractivity (Wildman–Crippen MR) is 106 cm³/mol. The largest absolute Gasteiger partial charge is 0.497 e. The van der Waals surface area contributed by atoms with Gasteiger partial charge in [0.25, 0.3) is 5.91 Å². The van der Waals surface area contributed by atoms with Gasteiger partial charge in [0, 0.05) is 12.1 Å². The minimum atomic E-state index is -0.256. The van der Waals surface area contributed by atoms with E-state index in [4.69, 9.17) is 4.74 Å². The third-order valence-corrected chi connectivity index (χ3v) is 4.29. The molecule has 0 spiro atoms. The molecule has 3 aromatic carbocycles. The standard InChI is InChI=1S/C22H22N2O3/c1-15-4-3-5-19(10-15)22(26)24-14-21(25)23-13-16-6-7-18-12-20(27-2)9-8-17(18)11-16/h3-12H,13-14H2,1-2H3,(H,23,25)(H,24,26). The molecule has 2 N–H and O–H groups in total. The molecule has 0 unspecified atom stereocenters. The lowest BCUT2D eigenvalue weighted by molar-refractivity contribution is -0.120. The first-order chi connectivity index (χ1) is 13.0. The van der Waals surface area contributed by atoms with Crippen LogP contribution in [-0.4, -0.2) is 25.5 Å². The Kier molecular flexibility index (Phi) is 5.71. The number of rotatable bonds is 6. The van der Waals surface area contributed by atoms with E-state index in [1.54, 1.807) is 19.2 Å². The van der Waals surface area contributed by atoms with Gasteiger partial charge in [-0.05, 0) is 53.6 Å². The number of nitrogens with one attached hydrogen (secondary N) is 2. The molecule has 0 bridgehead atoms. The number of carbonyl (C=O) groups is 2. The second-order valence-corrected chi connectivity index (χ2v) is 6.38. The maximum Gasteiger partial charge on any atom is 0.251 e. The van der Waals surface area contributed by atoms with Crippen molar-refractivity contribution in [3.05, 3.63) is 77.4 Å². The van der Waals surface area contributed by atoms with Crippen LogP contribution in [-0.2, 0) is 11.3 Å². The van der Waals surface area contributed by atoms with Crippen molar-refractivity contribution < 1.29 is 14.3 Å². The number of carbonyl (C=O) groups excluding carboxylic acids is 2. The molecule has 0 aliphatic heterocycles. The highest BCUT2D eigenvalue weighted by molar-refractivity contribution is 5.96. The van der Waals surface area contributed by atoms with Crippen molar-refractivity contribution in [2.75, 3.05) is 13.7 Å². The first kappa shape index (κ1) is 18.5. The first-order valence-electron chi connectivity index (χ1n) is 8.73.